The van der Waals surface area contributed by atoms with Gasteiger partial charge in [0.15, 0.2) is 5.58 Å². The maximum Gasteiger partial charge on any atom is 0.255 e. The van der Waals surface area contributed by atoms with E-state index in [1.54, 1.807) is 12.4 Å². The highest BCUT2D eigenvalue weighted by molar-refractivity contribution is 6.05. The summed E-state index contributed by atoms with van der Waals surface area (Å²) in [6.45, 7) is 6.44. The number of fused-ring (bicyclic) bond motifs is 1. The molecule has 0 spiro atoms. The van der Waals surface area contributed by atoms with Gasteiger partial charge in [0, 0.05) is 29.2 Å². The molecule has 0 bridgehead atoms. The first-order valence-corrected chi connectivity index (χ1v) is 9.13. The van der Waals surface area contributed by atoms with Gasteiger partial charge in [-0.05, 0) is 53.4 Å². The summed E-state index contributed by atoms with van der Waals surface area (Å²) in [6.07, 6.45) is 3.39. The van der Waals surface area contributed by atoms with Crippen molar-refractivity contribution in [3.63, 3.8) is 0 Å². The van der Waals surface area contributed by atoms with E-state index in [-0.39, 0.29) is 11.3 Å². The van der Waals surface area contributed by atoms with E-state index in [4.69, 9.17) is 4.42 Å². The van der Waals surface area contributed by atoms with E-state index in [1.807, 2.05) is 54.6 Å². The quantitative estimate of drug-likeness (QED) is 0.521. The minimum Gasteiger partial charge on any atom is -0.436 e. The molecule has 0 atom stereocenters. The maximum atomic E-state index is 12.6. The van der Waals surface area contributed by atoms with Crippen LogP contribution < -0.4 is 5.32 Å². The standard InChI is InChI=1S/C23H21N3O2/c1-23(2,3)17-6-4-15(5-7-17)21(27)25-18-8-9-20-19(14-18)26-22(28-20)16-10-12-24-13-11-16/h4-14H,1-3H3,(H,25,27). The van der Waals surface area contributed by atoms with Crippen LogP contribution in [0.15, 0.2) is 71.4 Å². The molecule has 0 unspecified atom stereocenters. The molecule has 0 saturated heterocycles. The van der Waals surface area contributed by atoms with Crippen molar-refractivity contribution in [1.82, 2.24) is 9.97 Å². The first-order chi connectivity index (χ1) is 13.4. The van der Waals surface area contributed by atoms with E-state index < -0.39 is 0 Å². The van der Waals surface area contributed by atoms with Gasteiger partial charge in [-0.2, -0.15) is 0 Å². The molecule has 4 aromatic rings. The first-order valence-electron chi connectivity index (χ1n) is 9.13. The Hall–Kier alpha value is -3.47. The molecule has 1 N–H and O–H groups in total. The van der Waals surface area contributed by atoms with Gasteiger partial charge in [0.1, 0.15) is 5.52 Å². The zero-order valence-electron chi connectivity index (χ0n) is 16.1. The molecule has 0 saturated carbocycles. The SMILES string of the molecule is CC(C)(C)c1ccc(C(=O)Nc2ccc3oc(-c4ccncc4)nc3c2)cc1. The van der Waals surface area contributed by atoms with Crippen LogP contribution in [0.2, 0.25) is 0 Å². The molecule has 2 heterocycles. The molecule has 0 fully saturated rings. The number of pyridine rings is 1. The fourth-order valence-electron chi connectivity index (χ4n) is 2.95. The van der Waals surface area contributed by atoms with E-state index >= 15 is 0 Å². The van der Waals surface area contributed by atoms with Crippen LogP contribution in [0.5, 0.6) is 0 Å². The topological polar surface area (TPSA) is 68.0 Å². The summed E-state index contributed by atoms with van der Waals surface area (Å²) in [4.78, 5) is 21.1. The minimum atomic E-state index is -0.155. The van der Waals surface area contributed by atoms with E-state index in [1.165, 1.54) is 5.56 Å². The number of hydrogen-bond donors (Lipinski definition) is 1. The summed E-state index contributed by atoms with van der Waals surface area (Å²) in [5.74, 6) is 0.372. The number of nitrogens with zero attached hydrogens (tertiary/aromatic N) is 2. The van der Waals surface area contributed by atoms with Crippen LogP contribution in [0.4, 0.5) is 5.69 Å². The summed E-state index contributed by atoms with van der Waals surface area (Å²) >= 11 is 0. The molecular weight excluding hydrogens is 350 g/mol. The molecule has 0 aliphatic heterocycles. The van der Waals surface area contributed by atoms with E-state index in [0.717, 1.165) is 5.56 Å². The third-order valence-electron chi connectivity index (χ3n) is 4.59. The van der Waals surface area contributed by atoms with Crippen molar-refractivity contribution in [2.45, 2.75) is 26.2 Å². The van der Waals surface area contributed by atoms with Crippen LogP contribution in [-0.4, -0.2) is 15.9 Å². The van der Waals surface area contributed by atoms with E-state index in [9.17, 15) is 4.79 Å². The molecule has 140 valence electrons. The highest BCUT2D eigenvalue weighted by atomic mass is 16.3. The predicted octanol–water partition coefficient (Wildman–Crippen LogP) is 5.44. The predicted molar refractivity (Wildman–Crippen MR) is 110 cm³/mol. The minimum absolute atomic E-state index is 0.0551. The van der Waals surface area contributed by atoms with Gasteiger partial charge >= 0.3 is 0 Å². The van der Waals surface area contributed by atoms with Crippen molar-refractivity contribution >= 4 is 22.7 Å². The number of benzene rings is 2. The first kappa shape index (κ1) is 17.9. The van der Waals surface area contributed by atoms with Crippen LogP contribution >= 0.6 is 0 Å². The summed E-state index contributed by atoms with van der Waals surface area (Å²) in [6, 6.07) is 16.8. The molecule has 1 amide bonds. The summed E-state index contributed by atoms with van der Waals surface area (Å²) in [5, 5.41) is 2.93. The van der Waals surface area contributed by atoms with Crippen molar-refractivity contribution in [1.29, 1.82) is 0 Å². The number of amides is 1. The van der Waals surface area contributed by atoms with Gasteiger partial charge in [-0.1, -0.05) is 32.9 Å². The molecule has 4 rings (SSSR count). The second-order valence-corrected chi connectivity index (χ2v) is 7.72. The number of oxazole rings is 1. The molecule has 28 heavy (non-hydrogen) atoms. The number of carbonyl (C=O) groups excluding carboxylic acids is 1. The highest BCUT2D eigenvalue weighted by Crippen LogP contribution is 2.26. The fraction of sp³-hybridized carbons (Fsp3) is 0.174. The molecule has 0 aliphatic rings. The lowest BCUT2D eigenvalue weighted by Gasteiger charge is -2.19. The third-order valence-corrected chi connectivity index (χ3v) is 4.59. The third kappa shape index (κ3) is 3.64. The van der Waals surface area contributed by atoms with Crippen LogP contribution in [0, 0.1) is 0 Å². The highest BCUT2D eigenvalue weighted by Gasteiger charge is 2.15. The van der Waals surface area contributed by atoms with Crippen LogP contribution in [0.3, 0.4) is 0 Å². The second kappa shape index (κ2) is 6.93. The number of hydrogen-bond acceptors (Lipinski definition) is 4. The lowest BCUT2D eigenvalue weighted by atomic mass is 9.87. The summed E-state index contributed by atoms with van der Waals surface area (Å²) in [7, 11) is 0. The molecule has 0 radical (unpaired) electrons. The Balaban J connectivity index is 1.55. The molecule has 2 aromatic heterocycles. The van der Waals surface area contributed by atoms with Gasteiger partial charge in [0.2, 0.25) is 5.89 Å². The Kier molecular flexibility index (Phi) is 4.43. The molecule has 5 nitrogen and oxygen atoms in total. The van der Waals surface area contributed by atoms with Gasteiger partial charge in [0.25, 0.3) is 5.91 Å². The van der Waals surface area contributed by atoms with E-state index in [2.05, 4.69) is 36.1 Å². The van der Waals surface area contributed by atoms with E-state index in [0.29, 0.717) is 28.2 Å². The normalized spacial score (nSPS) is 11.5. The molecule has 2 aromatic carbocycles. The zero-order valence-corrected chi connectivity index (χ0v) is 16.1. The summed E-state index contributed by atoms with van der Waals surface area (Å²) < 4.78 is 5.79. The monoisotopic (exact) mass is 371 g/mol. The average Bonchev–Trinajstić information content (AvgIpc) is 3.11. The lowest BCUT2D eigenvalue weighted by molar-refractivity contribution is 0.102. The fourth-order valence-corrected chi connectivity index (χ4v) is 2.95. The van der Waals surface area contributed by atoms with Crippen LogP contribution in [0.25, 0.3) is 22.6 Å². The van der Waals surface area contributed by atoms with Crippen LogP contribution in [0.1, 0.15) is 36.7 Å². The summed E-state index contributed by atoms with van der Waals surface area (Å²) in [5.41, 5.74) is 4.75. The van der Waals surface area contributed by atoms with Gasteiger partial charge < -0.3 is 9.73 Å². The lowest BCUT2D eigenvalue weighted by Crippen LogP contribution is -2.14. The largest absolute Gasteiger partial charge is 0.436 e. The number of rotatable bonds is 3. The van der Waals surface area contributed by atoms with Crippen LogP contribution in [-0.2, 0) is 5.41 Å². The average molecular weight is 371 g/mol. The Morgan fingerprint density at radius 2 is 1.68 bits per heavy atom. The Morgan fingerprint density at radius 1 is 0.964 bits per heavy atom. The maximum absolute atomic E-state index is 12.6. The van der Waals surface area contributed by atoms with Gasteiger partial charge in [-0.15, -0.1) is 0 Å². The van der Waals surface area contributed by atoms with Crippen molar-refractivity contribution in [3.05, 3.63) is 78.1 Å². The zero-order chi connectivity index (χ0) is 19.7. The van der Waals surface area contributed by atoms with Crippen molar-refractivity contribution < 1.29 is 9.21 Å². The molecular formula is C23H21N3O2. The number of nitrogens with one attached hydrogen (secondary N) is 1. The Bertz CT molecular complexity index is 1120. The Morgan fingerprint density at radius 3 is 2.36 bits per heavy atom. The number of anilines is 1. The number of aromatic nitrogens is 2. The number of carbonyl (C=O) groups is 1. The Labute approximate surface area is 163 Å². The van der Waals surface area contributed by atoms with Crippen molar-refractivity contribution in [2.24, 2.45) is 0 Å². The van der Waals surface area contributed by atoms with Gasteiger partial charge in [-0.3, -0.25) is 9.78 Å². The van der Waals surface area contributed by atoms with Gasteiger partial charge in [0.05, 0.1) is 0 Å². The molecule has 5 heteroatoms. The van der Waals surface area contributed by atoms with Gasteiger partial charge in [-0.25, -0.2) is 4.98 Å². The van der Waals surface area contributed by atoms with Crippen molar-refractivity contribution in [2.75, 3.05) is 5.32 Å². The van der Waals surface area contributed by atoms with Crippen molar-refractivity contribution in [3.8, 4) is 11.5 Å². The smallest absolute Gasteiger partial charge is 0.255 e. The molecule has 0 aliphatic carbocycles. The second-order valence-electron chi connectivity index (χ2n) is 7.72.